The predicted octanol–water partition coefficient (Wildman–Crippen LogP) is 3.76. The molecule has 0 bridgehead atoms. The number of amides is 1. The molecule has 6 heteroatoms. The van der Waals surface area contributed by atoms with Gasteiger partial charge in [-0.2, -0.15) is 0 Å². The fourth-order valence-corrected chi connectivity index (χ4v) is 2.45. The first-order valence-corrected chi connectivity index (χ1v) is 7.92. The molecule has 0 saturated carbocycles. The fourth-order valence-electron chi connectivity index (χ4n) is 2.22. The highest BCUT2D eigenvalue weighted by molar-refractivity contribution is 9.10. The van der Waals surface area contributed by atoms with Crippen LogP contribution in [0.5, 0.6) is 5.75 Å². The van der Waals surface area contributed by atoms with Gasteiger partial charge in [0.25, 0.3) is 11.5 Å². The summed E-state index contributed by atoms with van der Waals surface area (Å²) >= 11 is 3.09. The zero-order chi connectivity index (χ0) is 17.1. The van der Waals surface area contributed by atoms with Crippen LogP contribution in [0.25, 0.3) is 11.1 Å². The number of halogens is 1. The van der Waals surface area contributed by atoms with E-state index in [0.29, 0.717) is 10.2 Å². The fraction of sp³-hybridized carbons (Fsp3) is 0. The molecule has 0 fully saturated rings. The molecular weight excluding hydrogens is 372 g/mol. The van der Waals surface area contributed by atoms with Crippen LogP contribution in [-0.4, -0.2) is 16.0 Å². The Kier molecular flexibility index (Phi) is 4.48. The van der Waals surface area contributed by atoms with Gasteiger partial charge >= 0.3 is 0 Å². The number of aromatic hydroxyl groups is 1. The first kappa shape index (κ1) is 16.0. The van der Waals surface area contributed by atoms with Crippen molar-refractivity contribution in [2.75, 3.05) is 5.32 Å². The van der Waals surface area contributed by atoms with Gasteiger partial charge in [-0.25, -0.2) is 0 Å². The number of anilines is 1. The third-order valence-corrected chi connectivity index (χ3v) is 4.05. The third-order valence-electron chi connectivity index (χ3n) is 3.43. The monoisotopic (exact) mass is 384 g/mol. The highest BCUT2D eigenvalue weighted by atomic mass is 79.9. The zero-order valence-electron chi connectivity index (χ0n) is 12.4. The maximum Gasteiger partial charge on any atom is 0.272 e. The summed E-state index contributed by atoms with van der Waals surface area (Å²) in [5.41, 5.74) is 2.22. The maximum atomic E-state index is 12.1. The van der Waals surface area contributed by atoms with Gasteiger partial charge in [0, 0.05) is 5.69 Å². The summed E-state index contributed by atoms with van der Waals surface area (Å²) in [6.45, 7) is 0. The molecule has 0 saturated heterocycles. The number of aromatic nitrogens is 1. The molecule has 0 aliphatic rings. The molecule has 24 heavy (non-hydrogen) atoms. The summed E-state index contributed by atoms with van der Waals surface area (Å²) < 4.78 is 0.370. The van der Waals surface area contributed by atoms with Gasteiger partial charge < -0.3 is 15.4 Å². The van der Waals surface area contributed by atoms with Crippen molar-refractivity contribution in [3.63, 3.8) is 0 Å². The van der Waals surface area contributed by atoms with E-state index in [0.717, 1.165) is 11.1 Å². The summed E-state index contributed by atoms with van der Waals surface area (Å²) in [5.74, 6) is -0.200. The number of carbonyl (C=O) groups is 1. The van der Waals surface area contributed by atoms with Crippen LogP contribution in [0.15, 0.2) is 69.9 Å². The number of aromatic amines is 1. The number of phenolic OH excluding ortho intramolecular Hbond substituents is 1. The largest absolute Gasteiger partial charge is 0.508 e. The van der Waals surface area contributed by atoms with Crippen molar-refractivity contribution in [3.8, 4) is 16.9 Å². The molecule has 0 spiro atoms. The topological polar surface area (TPSA) is 82.2 Å². The van der Waals surface area contributed by atoms with E-state index in [-0.39, 0.29) is 17.0 Å². The summed E-state index contributed by atoms with van der Waals surface area (Å²) in [7, 11) is 0. The van der Waals surface area contributed by atoms with E-state index in [2.05, 4.69) is 26.2 Å². The average molecular weight is 385 g/mol. The molecule has 0 aliphatic carbocycles. The molecular formula is C18H13BrN2O3. The van der Waals surface area contributed by atoms with Gasteiger partial charge in [0.05, 0.1) is 4.47 Å². The van der Waals surface area contributed by atoms with Crippen molar-refractivity contribution in [2.24, 2.45) is 0 Å². The quantitative estimate of drug-likeness (QED) is 0.642. The molecule has 0 aliphatic heterocycles. The minimum absolute atomic E-state index is 0.181. The van der Waals surface area contributed by atoms with Crippen molar-refractivity contribution in [2.45, 2.75) is 0 Å². The molecule has 0 unspecified atom stereocenters. The Labute approximate surface area is 146 Å². The van der Waals surface area contributed by atoms with Crippen LogP contribution in [-0.2, 0) is 0 Å². The minimum Gasteiger partial charge on any atom is -0.508 e. The van der Waals surface area contributed by atoms with Crippen LogP contribution in [0.1, 0.15) is 10.5 Å². The lowest BCUT2D eigenvalue weighted by molar-refractivity contribution is 0.102. The number of hydrogen-bond acceptors (Lipinski definition) is 3. The standard InChI is InChI=1S/C18H13BrN2O3/c19-15-8-9-16(21-17(15)23)18(24)20-13-6-4-11(5-7-13)12-2-1-3-14(22)10-12/h1-10,22H,(H,20,24)(H,21,23). The Balaban J connectivity index is 1.77. The highest BCUT2D eigenvalue weighted by Crippen LogP contribution is 2.24. The Bertz CT molecular complexity index is 949. The Morgan fingerprint density at radius 1 is 1.00 bits per heavy atom. The number of rotatable bonds is 3. The van der Waals surface area contributed by atoms with E-state index in [1.165, 1.54) is 12.1 Å². The Hall–Kier alpha value is -2.86. The van der Waals surface area contributed by atoms with Crippen molar-refractivity contribution >= 4 is 27.5 Å². The molecule has 3 aromatic rings. The highest BCUT2D eigenvalue weighted by Gasteiger charge is 2.08. The van der Waals surface area contributed by atoms with E-state index in [4.69, 9.17) is 0 Å². The molecule has 3 rings (SSSR count). The van der Waals surface area contributed by atoms with Crippen LogP contribution in [0.2, 0.25) is 0 Å². The number of pyridine rings is 1. The van der Waals surface area contributed by atoms with Crippen LogP contribution in [0, 0.1) is 0 Å². The van der Waals surface area contributed by atoms with Gasteiger partial charge in [-0.15, -0.1) is 0 Å². The average Bonchev–Trinajstić information content (AvgIpc) is 2.58. The lowest BCUT2D eigenvalue weighted by Gasteiger charge is -2.07. The SMILES string of the molecule is O=C(Nc1ccc(-c2cccc(O)c2)cc1)c1ccc(Br)c(=O)[nH]1. The second-order valence-corrected chi connectivity index (χ2v) is 5.99. The second-order valence-electron chi connectivity index (χ2n) is 5.13. The molecule has 120 valence electrons. The lowest BCUT2D eigenvalue weighted by atomic mass is 10.1. The molecule has 1 amide bonds. The summed E-state index contributed by atoms with van der Waals surface area (Å²) in [4.78, 5) is 26.2. The van der Waals surface area contributed by atoms with Crippen molar-refractivity contribution < 1.29 is 9.90 Å². The minimum atomic E-state index is -0.398. The molecule has 0 radical (unpaired) electrons. The number of nitrogens with one attached hydrogen (secondary N) is 2. The zero-order valence-corrected chi connectivity index (χ0v) is 14.0. The molecule has 1 aromatic heterocycles. The van der Waals surface area contributed by atoms with Crippen LogP contribution in [0.3, 0.4) is 0 Å². The predicted molar refractivity (Wildman–Crippen MR) is 96.3 cm³/mol. The van der Waals surface area contributed by atoms with Crippen molar-refractivity contribution in [1.82, 2.24) is 4.98 Å². The summed E-state index contributed by atoms with van der Waals surface area (Å²) in [6, 6.07) is 17.2. The van der Waals surface area contributed by atoms with Gasteiger partial charge in [0.15, 0.2) is 0 Å². The van der Waals surface area contributed by atoms with Gasteiger partial charge in [0.1, 0.15) is 11.4 Å². The first-order valence-electron chi connectivity index (χ1n) is 7.12. The molecule has 3 N–H and O–H groups in total. The third kappa shape index (κ3) is 3.55. The Morgan fingerprint density at radius 2 is 1.75 bits per heavy atom. The van der Waals surface area contributed by atoms with Crippen LogP contribution >= 0.6 is 15.9 Å². The lowest BCUT2D eigenvalue weighted by Crippen LogP contribution is -2.18. The summed E-state index contributed by atoms with van der Waals surface area (Å²) in [6.07, 6.45) is 0. The maximum absolute atomic E-state index is 12.1. The van der Waals surface area contributed by atoms with E-state index < -0.39 is 5.91 Å². The molecule has 2 aromatic carbocycles. The number of benzene rings is 2. The Morgan fingerprint density at radius 3 is 2.42 bits per heavy atom. The van der Waals surface area contributed by atoms with Gasteiger partial charge in [-0.3, -0.25) is 9.59 Å². The molecule has 5 nitrogen and oxygen atoms in total. The molecule has 1 heterocycles. The van der Waals surface area contributed by atoms with Gasteiger partial charge in [-0.1, -0.05) is 24.3 Å². The first-order chi connectivity index (χ1) is 11.5. The van der Waals surface area contributed by atoms with Gasteiger partial charge in [-0.05, 0) is 63.5 Å². The number of hydrogen-bond donors (Lipinski definition) is 3. The molecule has 0 atom stereocenters. The van der Waals surface area contributed by atoms with E-state index in [9.17, 15) is 14.7 Å². The van der Waals surface area contributed by atoms with Crippen LogP contribution < -0.4 is 10.9 Å². The van der Waals surface area contributed by atoms with Crippen molar-refractivity contribution in [1.29, 1.82) is 0 Å². The van der Waals surface area contributed by atoms with Crippen LogP contribution in [0.4, 0.5) is 5.69 Å². The summed E-state index contributed by atoms with van der Waals surface area (Å²) in [5, 5.41) is 12.2. The second kappa shape index (κ2) is 6.72. The number of H-pyrrole nitrogens is 1. The van der Waals surface area contributed by atoms with E-state index in [1.54, 1.807) is 30.3 Å². The van der Waals surface area contributed by atoms with E-state index in [1.807, 2.05) is 18.2 Å². The van der Waals surface area contributed by atoms with Crippen molar-refractivity contribution in [3.05, 3.63) is 81.2 Å². The smallest absolute Gasteiger partial charge is 0.272 e. The van der Waals surface area contributed by atoms with E-state index >= 15 is 0 Å². The number of carbonyl (C=O) groups excluding carboxylic acids is 1. The normalized spacial score (nSPS) is 10.4. The van der Waals surface area contributed by atoms with Gasteiger partial charge in [0.2, 0.25) is 0 Å². The number of phenols is 1.